The van der Waals surface area contributed by atoms with Crippen LogP contribution in [0.4, 0.5) is 0 Å². The van der Waals surface area contributed by atoms with Crippen LogP contribution in [-0.2, 0) is 0 Å². The topological polar surface area (TPSA) is 25.8 Å². The van der Waals surface area contributed by atoms with Crippen LogP contribution in [0.15, 0.2) is 24.3 Å². The molecule has 0 spiro atoms. The molecule has 0 fully saturated rings. The highest BCUT2D eigenvalue weighted by molar-refractivity contribution is 6.34. The highest BCUT2D eigenvalue weighted by atomic mass is 35.5. The van der Waals surface area contributed by atoms with Crippen LogP contribution in [0, 0.1) is 13.8 Å². The minimum absolute atomic E-state index is 0.399. The number of aryl methyl sites for hydroxylation is 1. The summed E-state index contributed by atoms with van der Waals surface area (Å²) in [6.45, 7) is 3.82. The van der Waals surface area contributed by atoms with Gasteiger partial charge in [0.2, 0.25) is 0 Å². The van der Waals surface area contributed by atoms with Gasteiger partial charge in [-0.25, -0.2) is 9.97 Å². The molecule has 0 bridgehead atoms. The van der Waals surface area contributed by atoms with Crippen LogP contribution in [-0.4, -0.2) is 9.97 Å². The van der Waals surface area contributed by atoms with Gasteiger partial charge < -0.3 is 0 Å². The van der Waals surface area contributed by atoms with Crippen molar-refractivity contribution in [2.24, 2.45) is 0 Å². The first-order valence-electron chi connectivity index (χ1n) is 4.84. The molecule has 2 aromatic rings. The summed E-state index contributed by atoms with van der Waals surface area (Å²) in [6.07, 6.45) is 0. The van der Waals surface area contributed by atoms with Crippen molar-refractivity contribution in [1.29, 1.82) is 0 Å². The Balaban J connectivity index is 2.52. The first-order valence-corrected chi connectivity index (χ1v) is 5.60. The van der Waals surface area contributed by atoms with Gasteiger partial charge in [-0.3, -0.25) is 0 Å². The lowest BCUT2D eigenvalue weighted by molar-refractivity contribution is 1.14. The van der Waals surface area contributed by atoms with Crippen molar-refractivity contribution in [2.75, 3.05) is 0 Å². The van der Waals surface area contributed by atoms with Gasteiger partial charge in [0, 0.05) is 11.1 Å². The average Bonchev–Trinajstić information content (AvgIpc) is 2.26. The summed E-state index contributed by atoms with van der Waals surface area (Å²) in [5.41, 5.74) is 2.81. The van der Waals surface area contributed by atoms with Crippen LogP contribution in [0.1, 0.15) is 11.1 Å². The standard InChI is InChI=1S/C12H10Cl2N2/c1-7-3-5-9(6-4-7)12-15-10(13)8(2)11(14)16-12/h3-6H,1-2H3. The van der Waals surface area contributed by atoms with Gasteiger partial charge in [0.25, 0.3) is 0 Å². The summed E-state index contributed by atoms with van der Waals surface area (Å²) < 4.78 is 0. The van der Waals surface area contributed by atoms with Crippen molar-refractivity contribution in [3.63, 3.8) is 0 Å². The van der Waals surface area contributed by atoms with E-state index in [1.165, 1.54) is 5.56 Å². The Morgan fingerprint density at radius 3 is 1.88 bits per heavy atom. The van der Waals surface area contributed by atoms with Crippen LogP contribution < -0.4 is 0 Å². The molecule has 0 saturated carbocycles. The SMILES string of the molecule is Cc1ccc(-c2nc(Cl)c(C)c(Cl)n2)cc1. The summed E-state index contributed by atoms with van der Waals surface area (Å²) in [4.78, 5) is 8.41. The maximum atomic E-state index is 5.96. The number of nitrogens with zero attached hydrogens (tertiary/aromatic N) is 2. The van der Waals surface area contributed by atoms with Crippen molar-refractivity contribution in [1.82, 2.24) is 9.97 Å². The van der Waals surface area contributed by atoms with Gasteiger partial charge in [-0.2, -0.15) is 0 Å². The molecule has 0 atom stereocenters. The van der Waals surface area contributed by atoms with E-state index in [9.17, 15) is 0 Å². The van der Waals surface area contributed by atoms with E-state index in [0.717, 1.165) is 5.56 Å². The Labute approximate surface area is 104 Å². The maximum Gasteiger partial charge on any atom is 0.162 e. The van der Waals surface area contributed by atoms with Crippen LogP contribution in [0.2, 0.25) is 10.3 Å². The molecule has 0 N–H and O–H groups in total. The molecular weight excluding hydrogens is 243 g/mol. The van der Waals surface area contributed by atoms with Crippen LogP contribution in [0.5, 0.6) is 0 Å². The van der Waals surface area contributed by atoms with E-state index in [0.29, 0.717) is 21.7 Å². The van der Waals surface area contributed by atoms with Gasteiger partial charge in [-0.1, -0.05) is 53.0 Å². The van der Waals surface area contributed by atoms with Crippen molar-refractivity contribution in [2.45, 2.75) is 13.8 Å². The van der Waals surface area contributed by atoms with Gasteiger partial charge in [-0.15, -0.1) is 0 Å². The van der Waals surface area contributed by atoms with Crippen molar-refractivity contribution >= 4 is 23.2 Å². The summed E-state index contributed by atoms with van der Waals surface area (Å²) in [5, 5.41) is 0.797. The van der Waals surface area contributed by atoms with Crippen LogP contribution in [0.25, 0.3) is 11.4 Å². The Morgan fingerprint density at radius 1 is 0.875 bits per heavy atom. The average molecular weight is 253 g/mol. The second-order valence-electron chi connectivity index (χ2n) is 3.62. The molecule has 0 aliphatic heterocycles. The molecule has 1 heterocycles. The summed E-state index contributed by atoms with van der Waals surface area (Å²) >= 11 is 11.9. The first-order chi connectivity index (χ1) is 7.58. The van der Waals surface area contributed by atoms with E-state index < -0.39 is 0 Å². The van der Waals surface area contributed by atoms with Crippen LogP contribution in [0.3, 0.4) is 0 Å². The molecular formula is C12H10Cl2N2. The molecule has 0 radical (unpaired) electrons. The van der Waals surface area contributed by atoms with Crippen LogP contribution >= 0.6 is 23.2 Å². The third-order valence-corrected chi connectivity index (χ3v) is 3.07. The van der Waals surface area contributed by atoms with Gasteiger partial charge in [0.05, 0.1) is 0 Å². The zero-order valence-electron chi connectivity index (χ0n) is 8.96. The predicted molar refractivity (Wildman–Crippen MR) is 67.0 cm³/mol. The minimum Gasteiger partial charge on any atom is -0.216 e. The molecule has 82 valence electrons. The van der Waals surface area contributed by atoms with E-state index in [1.54, 1.807) is 6.92 Å². The highest BCUT2D eigenvalue weighted by Gasteiger charge is 2.08. The lowest BCUT2D eigenvalue weighted by Crippen LogP contribution is -1.93. The normalized spacial score (nSPS) is 10.5. The largest absolute Gasteiger partial charge is 0.216 e. The molecule has 0 aliphatic carbocycles. The Bertz CT molecular complexity index is 498. The molecule has 2 nitrogen and oxygen atoms in total. The monoisotopic (exact) mass is 252 g/mol. The van der Waals surface area contributed by atoms with Crippen molar-refractivity contribution in [3.05, 3.63) is 45.7 Å². The minimum atomic E-state index is 0.399. The Hall–Kier alpha value is -1.12. The summed E-state index contributed by atoms with van der Waals surface area (Å²) in [6, 6.07) is 7.90. The van der Waals surface area contributed by atoms with Gasteiger partial charge in [0.15, 0.2) is 5.82 Å². The van der Waals surface area contributed by atoms with Gasteiger partial charge in [0.1, 0.15) is 10.3 Å². The predicted octanol–water partition coefficient (Wildman–Crippen LogP) is 4.07. The van der Waals surface area contributed by atoms with E-state index in [-0.39, 0.29) is 0 Å². The Morgan fingerprint density at radius 2 is 1.38 bits per heavy atom. The summed E-state index contributed by atoms with van der Waals surface area (Å²) in [5.74, 6) is 0.556. The second-order valence-corrected chi connectivity index (χ2v) is 4.34. The highest BCUT2D eigenvalue weighted by Crippen LogP contribution is 2.24. The molecule has 1 aromatic heterocycles. The quantitative estimate of drug-likeness (QED) is 0.716. The zero-order valence-corrected chi connectivity index (χ0v) is 10.5. The number of hydrogen-bond acceptors (Lipinski definition) is 2. The zero-order chi connectivity index (χ0) is 11.7. The number of halogens is 2. The fraction of sp³-hybridized carbons (Fsp3) is 0.167. The number of aromatic nitrogens is 2. The molecule has 2 rings (SSSR count). The molecule has 0 saturated heterocycles. The molecule has 16 heavy (non-hydrogen) atoms. The lowest BCUT2D eigenvalue weighted by Gasteiger charge is -2.04. The van der Waals surface area contributed by atoms with Gasteiger partial charge >= 0.3 is 0 Å². The molecule has 0 aliphatic rings. The number of benzene rings is 1. The number of rotatable bonds is 1. The molecule has 4 heteroatoms. The smallest absolute Gasteiger partial charge is 0.162 e. The third-order valence-electron chi connectivity index (χ3n) is 2.34. The maximum absolute atomic E-state index is 5.96. The molecule has 1 aromatic carbocycles. The third kappa shape index (κ3) is 2.18. The van der Waals surface area contributed by atoms with E-state index in [4.69, 9.17) is 23.2 Å². The van der Waals surface area contributed by atoms with Crippen molar-refractivity contribution in [3.8, 4) is 11.4 Å². The number of hydrogen-bond donors (Lipinski definition) is 0. The van der Waals surface area contributed by atoms with E-state index in [1.807, 2.05) is 31.2 Å². The second kappa shape index (κ2) is 4.40. The van der Waals surface area contributed by atoms with E-state index >= 15 is 0 Å². The lowest BCUT2D eigenvalue weighted by atomic mass is 10.1. The molecule has 0 unspecified atom stereocenters. The van der Waals surface area contributed by atoms with Crippen molar-refractivity contribution < 1.29 is 0 Å². The van der Waals surface area contributed by atoms with Gasteiger partial charge in [-0.05, 0) is 13.8 Å². The first kappa shape index (κ1) is 11.4. The summed E-state index contributed by atoms with van der Waals surface area (Å²) in [7, 11) is 0. The Kier molecular flexibility index (Phi) is 3.13. The fourth-order valence-corrected chi connectivity index (χ4v) is 1.68. The molecule has 0 amide bonds. The fourth-order valence-electron chi connectivity index (χ4n) is 1.30. The van der Waals surface area contributed by atoms with E-state index in [2.05, 4.69) is 9.97 Å².